The van der Waals surface area contributed by atoms with Crippen LogP contribution in [0.2, 0.25) is 0 Å². The third-order valence-electron chi connectivity index (χ3n) is 4.41. The fourth-order valence-corrected chi connectivity index (χ4v) is 3.21. The van der Waals surface area contributed by atoms with Gasteiger partial charge in [0.1, 0.15) is 28.4 Å². The van der Waals surface area contributed by atoms with Crippen molar-refractivity contribution in [1.29, 1.82) is 0 Å². The Morgan fingerprint density at radius 3 is 2.96 bits per heavy atom. The third kappa shape index (κ3) is 2.33. The predicted molar refractivity (Wildman–Crippen MR) is 83.7 cm³/mol. The van der Waals surface area contributed by atoms with Crippen LogP contribution < -0.4 is 0 Å². The number of fused-ring (bicyclic) bond motifs is 1. The summed E-state index contributed by atoms with van der Waals surface area (Å²) in [6.45, 7) is 2.41. The Bertz CT molecular complexity index is 924. The Morgan fingerprint density at radius 2 is 2.17 bits per heavy atom. The Labute approximate surface area is 137 Å². The number of hydrogen-bond donors (Lipinski definition) is 0. The molecule has 24 heavy (non-hydrogen) atoms. The first-order chi connectivity index (χ1) is 11.6. The molecule has 1 atom stereocenters. The van der Waals surface area contributed by atoms with E-state index < -0.39 is 5.82 Å². The first kappa shape index (κ1) is 14.7. The maximum atomic E-state index is 13.9. The SMILES string of the molecule is Cc1nonc1C1CCCN1C(=O)c1ccc2cccc(F)c2n1. The molecule has 0 saturated carbocycles. The van der Waals surface area contributed by atoms with Crippen molar-refractivity contribution in [1.82, 2.24) is 20.2 Å². The van der Waals surface area contributed by atoms with Gasteiger partial charge in [-0.05, 0) is 31.9 Å². The number of benzene rings is 1. The van der Waals surface area contributed by atoms with Crippen molar-refractivity contribution in [3.05, 3.63) is 53.2 Å². The lowest BCUT2D eigenvalue weighted by Crippen LogP contribution is -2.31. The van der Waals surface area contributed by atoms with Crippen LogP contribution in [-0.4, -0.2) is 32.6 Å². The smallest absolute Gasteiger partial charge is 0.273 e. The van der Waals surface area contributed by atoms with Crippen LogP contribution in [0.15, 0.2) is 35.0 Å². The molecule has 1 amide bonds. The van der Waals surface area contributed by atoms with Crippen LogP contribution in [0.1, 0.15) is 40.8 Å². The van der Waals surface area contributed by atoms with Crippen LogP contribution in [0.4, 0.5) is 4.39 Å². The van der Waals surface area contributed by atoms with Gasteiger partial charge in [-0.25, -0.2) is 14.0 Å². The molecule has 3 aromatic rings. The van der Waals surface area contributed by atoms with Crippen molar-refractivity contribution in [3.63, 3.8) is 0 Å². The molecule has 1 saturated heterocycles. The highest BCUT2D eigenvalue weighted by Crippen LogP contribution is 2.33. The fraction of sp³-hybridized carbons (Fsp3) is 0.294. The topological polar surface area (TPSA) is 72.1 Å². The summed E-state index contributed by atoms with van der Waals surface area (Å²) in [6.07, 6.45) is 1.66. The van der Waals surface area contributed by atoms with Gasteiger partial charge >= 0.3 is 0 Å². The molecule has 1 aliphatic rings. The van der Waals surface area contributed by atoms with Crippen molar-refractivity contribution in [2.75, 3.05) is 6.54 Å². The number of hydrogen-bond acceptors (Lipinski definition) is 5. The van der Waals surface area contributed by atoms with Gasteiger partial charge in [0.05, 0.1) is 6.04 Å². The Kier molecular flexibility index (Phi) is 3.48. The maximum Gasteiger partial charge on any atom is 0.273 e. The molecule has 4 rings (SSSR count). The second-order valence-corrected chi connectivity index (χ2v) is 5.90. The van der Waals surface area contributed by atoms with Gasteiger partial charge in [-0.15, -0.1) is 0 Å². The summed E-state index contributed by atoms with van der Waals surface area (Å²) in [4.78, 5) is 18.8. The van der Waals surface area contributed by atoms with Gasteiger partial charge in [0, 0.05) is 11.9 Å². The van der Waals surface area contributed by atoms with Crippen molar-refractivity contribution < 1.29 is 13.8 Å². The highest BCUT2D eigenvalue weighted by atomic mass is 19.1. The second-order valence-electron chi connectivity index (χ2n) is 5.90. The maximum absolute atomic E-state index is 13.9. The molecule has 0 spiro atoms. The molecule has 1 aromatic carbocycles. The van der Waals surface area contributed by atoms with Crippen molar-refractivity contribution >= 4 is 16.8 Å². The summed E-state index contributed by atoms with van der Waals surface area (Å²) in [5.41, 5.74) is 1.79. The quantitative estimate of drug-likeness (QED) is 0.724. The minimum atomic E-state index is -0.434. The van der Waals surface area contributed by atoms with E-state index in [0.29, 0.717) is 23.3 Å². The first-order valence-corrected chi connectivity index (χ1v) is 7.80. The minimum absolute atomic E-state index is 0.179. The highest BCUT2D eigenvalue weighted by molar-refractivity contribution is 5.95. The van der Waals surface area contributed by atoms with Gasteiger partial charge in [0.25, 0.3) is 5.91 Å². The van der Waals surface area contributed by atoms with Gasteiger partial charge < -0.3 is 4.90 Å². The standard InChI is InChI=1S/C17H15FN4O2/c1-10-15(21-24-20-10)14-6-3-9-22(14)17(23)13-8-7-11-4-2-5-12(18)16(11)19-13/h2,4-5,7-8,14H,3,6,9H2,1H3. The Balaban J connectivity index is 1.70. The van der Waals surface area contributed by atoms with Crippen LogP contribution in [0.25, 0.3) is 10.9 Å². The third-order valence-corrected chi connectivity index (χ3v) is 4.41. The van der Waals surface area contributed by atoms with E-state index >= 15 is 0 Å². The number of carbonyl (C=O) groups excluding carboxylic acids is 1. The van der Waals surface area contributed by atoms with Crippen LogP contribution >= 0.6 is 0 Å². The second kappa shape index (κ2) is 5.67. The van der Waals surface area contributed by atoms with Gasteiger partial charge in [-0.1, -0.05) is 28.5 Å². The van der Waals surface area contributed by atoms with Gasteiger partial charge in [-0.2, -0.15) is 0 Å². The molecule has 3 heterocycles. The van der Waals surface area contributed by atoms with E-state index in [1.807, 2.05) is 0 Å². The largest absolute Gasteiger partial charge is 0.328 e. The highest BCUT2D eigenvalue weighted by Gasteiger charge is 2.34. The van der Waals surface area contributed by atoms with Crippen LogP contribution in [0.5, 0.6) is 0 Å². The van der Waals surface area contributed by atoms with Crippen LogP contribution in [-0.2, 0) is 0 Å². The molecule has 1 aliphatic heterocycles. The number of carbonyl (C=O) groups is 1. The molecule has 0 N–H and O–H groups in total. The molecule has 7 heteroatoms. The van der Waals surface area contributed by atoms with Gasteiger partial charge in [-0.3, -0.25) is 4.79 Å². The summed E-state index contributed by atoms with van der Waals surface area (Å²) in [5, 5.41) is 8.39. The summed E-state index contributed by atoms with van der Waals surface area (Å²) in [5.74, 6) is -0.665. The van der Waals surface area contributed by atoms with Crippen LogP contribution in [0.3, 0.4) is 0 Å². The van der Waals surface area contributed by atoms with E-state index in [9.17, 15) is 9.18 Å². The zero-order valence-electron chi connectivity index (χ0n) is 13.1. The summed E-state index contributed by atoms with van der Waals surface area (Å²) in [7, 11) is 0. The predicted octanol–water partition coefficient (Wildman–Crippen LogP) is 3.04. The lowest BCUT2D eigenvalue weighted by atomic mass is 10.1. The number of para-hydroxylation sites is 1. The number of amides is 1. The van der Waals surface area contributed by atoms with Crippen molar-refractivity contribution in [3.8, 4) is 0 Å². The van der Waals surface area contributed by atoms with Crippen molar-refractivity contribution in [2.24, 2.45) is 0 Å². The number of halogens is 1. The number of aryl methyl sites for hydroxylation is 1. The van der Waals surface area contributed by atoms with E-state index in [1.165, 1.54) is 6.07 Å². The molecule has 0 aliphatic carbocycles. The van der Waals surface area contributed by atoms with Gasteiger partial charge in [0.15, 0.2) is 0 Å². The number of pyridine rings is 1. The van der Waals surface area contributed by atoms with E-state index in [-0.39, 0.29) is 23.2 Å². The molecule has 2 aromatic heterocycles. The van der Waals surface area contributed by atoms with Crippen molar-refractivity contribution in [2.45, 2.75) is 25.8 Å². The molecule has 1 unspecified atom stereocenters. The van der Waals surface area contributed by atoms with Crippen LogP contribution in [0, 0.1) is 12.7 Å². The molecular formula is C17H15FN4O2. The molecule has 122 valence electrons. The number of nitrogens with zero attached hydrogens (tertiary/aromatic N) is 4. The average molecular weight is 326 g/mol. The average Bonchev–Trinajstić information content (AvgIpc) is 3.22. The first-order valence-electron chi connectivity index (χ1n) is 7.80. The molecule has 0 radical (unpaired) electrons. The normalized spacial score (nSPS) is 17.6. The molecule has 1 fully saturated rings. The molecular weight excluding hydrogens is 311 g/mol. The van der Waals surface area contributed by atoms with E-state index in [2.05, 4.69) is 15.3 Å². The Hall–Kier alpha value is -2.83. The van der Waals surface area contributed by atoms with E-state index in [1.54, 1.807) is 36.1 Å². The summed E-state index contributed by atoms with van der Waals surface area (Å²) < 4.78 is 18.7. The number of rotatable bonds is 2. The zero-order chi connectivity index (χ0) is 16.7. The van der Waals surface area contributed by atoms with Gasteiger partial charge in [0.2, 0.25) is 0 Å². The fourth-order valence-electron chi connectivity index (χ4n) is 3.21. The lowest BCUT2D eigenvalue weighted by Gasteiger charge is -2.22. The lowest BCUT2D eigenvalue weighted by molar-refractivity contribution is 0.0724. The summed E-state index contributed by atoms with van der Waals surface area (Å²) >= 11 is 0. The Morgan fingerprint density at radius 1 is 1.29 bits per heavy atom. The molecule has 0 bridgehead atoms. The van der Waals surface area contributed by atoms with E-state index in [4.69, 9.17) is 4.63 Å². The van der Waals surface area contributed by atoms with E-state index in [0.717, 1.165) is 12.8 Å². The number of aromatic nitrogens is 3. The summed E-state index contributed by atoms with van der Waals surface area (Å²) in [6, 6.07) is 7.90. The zero-order valence-corrected chi connectivity index (χ0v) is 13.1. The minimum Gasteiger partial charge on any atom is -0.328 e. The molecule has 6 nitrogen and oxygen atoms in total. The monoisotopic (exact) mass is 326 g/mol. The number of likely N-dealkylation sites (tertiary alicyclic amines) is 1.